The van der Waals surface area contributed by atoms with E-state index in [1.165, 1.54) is 13.2 Å². The molecule has 0 saturated carbocycles. The quantitative estimate of drug-likeness (QED) is 0.585. The summed E-state index contributed by atoms with van der Waals surface area (Å²) in [4.78, 5) is 29.0. The Balaban J connectivity index is 1.96. The first-order valence-corrected chi connectivity index (χ1v) is 8.23. The zero-order chi connectivity index (χ0) is 19.6. The molecule has 1 aromatic heterocycles. The summed E-state index contributed by atoms with van der Waals surface area (Å²) in [7, 11) is 3.10. The maximum Gasteiger partial charge on any atom is 0.288 e. The molecule has 1 aromatic carbocycles. The number of nitro groups is 1. The van der Waals surface area contributed by atoms with Crippen molar-refractivity contribution in [1.82, 2.24) is 9.88 Å². The van der Waals surface area contributed by atoms with Crippen molar-refractivity contribution in [3.8, 4) is 17.4 Å². The van der Waals surface area contributed by atoms with Crippen LogP contribution in [0.25, 0.3) is 0 Å². The first kappa shape index (κ1) is 18.4. The molecule has 3 rings (SSSR count). The predicted molar refractivity (Wildman–Crippen MR) is 95.3 cm³/mol. The average Bonchev–Trinajstić information content (AvgIpc) is 2.79. The van der Waals surface area contributed by atoms with Gasteiger partial charge in [-0.2, -0.15) is 0 Å². The molecule has 1 amide bonds. The largest absolute Gasteiger partial charge is 0.497 e. The van der Waals surface area contributed by atoms with Gasteiger partial charge in [0.15, 0.2) is 0 Å². The normalized spacial score (nSPS) is 16.2. The van der Waals surface area contributed by atoms with Crippen LogP contribution in [-0.2, 0) is 6.54 Å². The molecule has 0 bridgehead atoms. The van der Waals surface area contributed by atoms with Gasteiger partial charge in [0.05, 0.1) is 31.7 Å². The molecule has 1 atom stereocenters. The van der Waals surface area contributed by atoms with E-state index in [4.69, 9.17) is 14.2 Å². The summed E-state index contributed by atoms with van der Waals surface area (Å²) in [6.07, 6.45) is 1.08. The van der Waals surface area contributed by atoms with Gasteiger partial charge in [0.2, 0.25) is 5.88 Å². The van der Waals surface area contributed by atoms with E-state index >= 15 is 0 Å². The number of rotatable bonds is 5. The number of hydrogen-bond donors (Lipinski definition) is 0. The summed E-state index contributed by atoms with van der Waals surface area (Å²) in [5.41, 5.74) is 0.587. The second-order valence-corrected chi connectivity index (χ2v) is 6.07. The molecule has 0 aliphatic carbocycles. The molecule has 1 aliphatic heterocycles. The highest BCUT2D eigenvalue weighted by Crippen LogP contribution is 2.30. The van der Waals surface area contributed by atoms with E-state index in [2.05, 4.69) is 4.98 Å². The van der Waals surface area contributed by atoms with Crippen molar-refractivity contribution in [1.29, 1.82) is 0 Å². The number of carbonyl (C=O) groups is 1. The Kier molecular flexibility index (Phi) is 5.11. The summed E-state index contributed by atoms with van der Waals surface area (Å²) < 4.78 is 16.2. The molecular formula is C18H19N3O6. The van der Waals surface area contributed by atoms with Crippen molar-refractivity contribution in [3.05, 3.63) is 51.7 Å². The molecule has 0 unspecified atom stereocenters. The van der Waals surface area contributed by atoms with Gasteiger partial charge in [-0.15, -0.1) is 0 Å². The van der Waals surface area contributed by atoms with Crippen LogP contribution in [-0.4, -0.2) is 47.6 Å². The molecule has 9 nitrogen and oxygen atoms in total. The Morgan fingerprint density at radius 2 is 2.11 bits per heavy atom. The number of benzene rings is 1. The minimum atomic E-state index is -0.592. The van der Waals surface area contributed by atoms with Gasteiger partial charge >= 0.3 is 0 Å². The van der Waals surface area contributed by atoms with Gasteiger partial charge in [-0.25, -0.2) is 4.98 Å². The van der Waals surface area contributed by atoms with Gasteiger partial charge in [0.1, 0.15) is 29.9 Å². The number of amides is 1. The highest BCUT2D eigenvalue weighted by Gasteiger charge is 2.31. The highest BCUT2D eigenvalue weighted by atomic mass is 16.6. The van der Waals surface area contributed by atoms with Crippen LogP contribution in [0.1, 0.15) is 22.8 Å². The monoisotopic (exact) mass is 373 g/mol. The van der Waals surface area contributed by atoms with Crippen molar-refractivity contribution in [2.45, 2.75) is 19.5 Å². The first-order valence-electron chi connectivity index (χ1n) is 8.23. The van der Waals surface area contributed by atoms with Crippen LogP contribution in [0, 0.1) is 10.1 Å². The lowest BCUT2D eigenvalue weighted by Crippen LogP contribution is -2.39. The molecule has 2 aromatic rings. The van der Waals surface area contributed by atoms with E-state index < -0.39 is 4.92 Å². The van der Waals surface area contributed by atoms with E-state index in [-0.39, 0.29) is 42.2 Å². The van der Waals surface area contributed by atoms with E-state index in [0.717, 1.165) is 11.8 Å². The zero-order valence-electron chi connectivity index (χ0n) is 15.2. The molecule has 0 N–H and O–H groups in total. The van der Waals surface area contributed by atoms with Crippen LogP contribution in [0.15, 0.2) is 30.5 Å². The van der Waals surface area contributed by atoms with Gasteiger partial charge in [-0.1, -0.05) is 0 Å². The van der Waals surface area contributed by atoms with Crippen molar-refractivity contribution in [2.24, 2.45) is 0 Å². The smallest absolute Gasteiger partial charge is 0.288 e. The lowest BCUT2D eigenvalue weighted by molar-refractivity contribution is -0.385. The fourth-order valence-electron chi connectivity index (χ4n) is 2.85. The van der Waals surface area contributed by atoms with Crippen LogP contribution in [0.5, 0.6) is 17.4 Å². The third kappa shape index (κ3) is 3.62. The third-order valence-electron chi connectivity index (χ3n) is 4.37. The van der Waals surface area contributed by atoms with Crippen molar-refractivity contribution in [3.63, 3.8) is 0 Å². The Labute approximate surface area is 155 Å². The molecule has 142 valence electrons. The van der Waals surface area contributed by atoms with Crippen molar-refractivity contribution in [2.75, 3.05) is 20.8 Å². The van der Waals surface area contributed by atoms with Crippen LogP contribution >= 0.6 is 0 Å². The molecule has 1 aliphatic rings. The SMILES string of the molecule is COc1ccc(CN2C(=O)c3cc([N+](=O)[O-])cnc3OC[C@H]2C)c(OC)c1. The van der Waals surface area contributed by atoms with Crippen LogP contribution in [0.3, 0.4) is 0 Å². The van der Waals surface area contributed by atoms with Gasteiger partial charge in [0, 0.05) is 17.7 Å². The topological polar surface area (TPSA) is 104 Å². The molecule has 9 heteroatoms. The van der Waals surface area contributed by atoms with Gasteiger partial charge in [-0.05, 0) is 19.1 Å². The van der Waals surface area contributed by atoms with Gasteiger partial charge in [-0.3, -0.25) is 14.9 Å². The fraction of sp³-hybridized carbons (Fsp3) is 0.333. The number of nitrogens with zero attached hydrogens (tertiary/aromatic N) is 3. The summed E-state index contributed by atoms with van der Waals surface area (Å²) in [5.74, 6) is 0.932. The number of methoxy groups -OCH3 is 2. The number of aromatic nitrogens is 1. The highest BCUT2D eigenvalue weighted by molar-refractivity contribution is 5.97. The lowest BCUT2D eigenvalue weighted by Gasteiger charge is -2.27. The van der Waals surface area contributed by atoms with Crippen molar-refractivity contribution >= 4 is 11.6 Å². The number of carbonyl (C=O) groups excluding carboxylic acids is 1. The minimum absolute atomic E-state index is 0.0704. The minimum Gasteiger partial charge on any atom is -0.497 e. The Morgan fingerprint density at radius 1 is 1.33 bits per heavy atom. The Hall–Kier alpha value is -3.36. The number of ether oxygens (including phenoxy) is 3. The van der Waals surface area contributed by atoms with Crippen molar-refractivity contribution < 1.29 is 23.9 Å². The number of hydrogen-bond acceptors (Lipinski definition) is 7. The number of pyridine rings is 1. The molecule has 0 spiro atoms. The van der Waals surface area contributed by atoms with E-state index in [0.29, 0.717) is 11.5 Å². The van der Waals surface area contributed by atoms with Crippen LogP contribution in [0.2, 0.25) is 0 Å². The maximum absolute atomic E-state index is 13.1. The van der Waals surface area contributed by atoms with Crippen LogP contribution in [0.4, 0.5) is 5.69 Å². The van der Waals surface area contributed by atoms with Gasteiger partial charge < -0.3 is 19.1 Å². The predicted octanol–water partition coefficient (Wildman–Crippen LogP) is 2.43. The first-order chi connectivity index (χ1) is 12.9. The maximum atomic E-state index is 13.1. The third-order valence-corrected chi connectivity index (χ3v) is 4.37. The second kappa shape index (κ2) is 7.48. The summed E-state index contributed by atoms with van der Waals surface area (Å²) in [6.45, 7) is 2.31. The summed E-state index contributed by atoms with van der Waals surface area (Å²) in [5, 5.41) is 11.0. The standard InChI is InChI=1S/C18H19N3O6/c1-11-10-27-17-15(6-13(8-19-17)21(23)24)18(22)20(11)9-12-4-5-14(25-2)7-16(12)26-3/h4-8,11H,9-10H2,1-3H3/t11-/m1/s1. The van der Waals surface area contributed by atoms with Crippen LogP contribution < -0.4 is 14.2 Å². The van der Waals surface area contributed by atoms with Gasteiger partial charge in [0.25, 0.3) is 11.6 Å². The molecule has 2 heterocycles. The fourth-order valence-corrected chi connectivity index (χ4v) is 2.85. The molecular weight excluding hydrogens is 354 g/mol. The van der Waals surface area contributed by atoms with E-state index in [1.807, 2.05) is 13.0 Å². The summed E-state index contributed by atoms with van der Waals surface area (Å²) in [6, 6.07) is 6.26. The molecule has 27 heavy (non-hydrogen) atoms. The Bertz CT molecular complexity index is 885. The molecule has 0 fully saturated rings. The average molecular weight is 373 g/mol. The number of fused-ring (bicyclic) bond motifs is 1. The zero-order valence-corrected chi connectivity index (χ0v) is 15.2. The molecule has 0 radical (unpaired) electrons. The molecule has 0 saturated heterocycles. The Morgan fingerprint density at radius 3 is 2.78 bits per heavy atom. The van der Waals surface area contributed by atoms with E-state index in [1.54, 1.807) is 24.1 Å². The summed E-state index contributed by atoms with van der Waals surface area (Å²) >= 11 is 0. The lowest BCUT2D eigenvalue weighted by atomic mass is 10.1. The van der Waals surface area contributed by atoms with E-state index in [9.17, 15) is 14.9 Å². The second-order valence-electron chi connectivity index (χ2n) is 6.07.